The maximum atomic E-state index is 5.95. The van der Waals surface area contributed by atoms with Gasteiger partial charge in [0, 0.05) is 39.5 Å². The Hall–Kier alpha value is -0.906. The largest absolute Gasteiger partial charge is 0.562 e. The van der Waals surface area contributed by atoms with E-state index in [4.69, 9.17) is 26.6 Å². The van der Waals surface area contributed by atoms with Gasteiger partial charge in [-0.25, -0.2) is 0 Å². The summed E-state index contributed by atoms with van der Waals surface area (Å²) >= 11 is 0. The van der Waals surface area contributed by atoms with Crippen molar-refractivity contribution >= 4 is 17.6 Å². The van der Waals surface area contributed by atoms with Crippen LogP contribution in [0.1, 0.15) is 27.7 Å². The van der Waals surface area contributed by atoms with Gasteiger partial charge < -0.3 is 26.6 Å². The van der Waals surface area contributed by atoms with Gasteiger partial charge in [0.25, 0.3) is 0 Å². The summed E-state index contributed by atoms with van der Waals surface area (Å²) in [5.41, 5.74) is 0. The van der Waals surface area contributed by atoms with Crippen LogP contribution in [0.5, 0.6) is 11.5 Å². The molecule has 0 saturated carbocycles. The molecule has 1 aromatic rings. The molecular formula is C16H30O6Si2. The van der Waals surface area contributed by atoms with E-state index >= 15 is 0 Å². The lowest BCUT2D eigenvalue weighted by Gasteiger charge is -2.27. The number of hydrogen-bond acceptors (Lipinski definition) is 6. The molecule has 0 saturated heterocycles. The van der Waals surface area contributed by atoms with E-state index in [2.05, 4.69) is 0 Å². The third kappa shape index (κ3) is 6.92. The highest BCUT2D eigenvalue weighted by molar-refractivity contribution is 6.60. The third-order valence-corrected chi connectivity index (χ3v) is 7.52. The van der Waals surface area contributed by atoms with Crippen LogP contribution in [0.3, 0.4) is 0 Å². The summed E-state index contributed by atoms with van der Waals surface area (Å²) in [7, 11) is -5.32. The highest BCUT2D eigenvalue weighted by Crippen LogP contribution is 2.24. The van der Waals surface area contributed by atoms with Gasteiger partial charge in [-0.2, -0.15) is 0 Å². The lowest BCUT2D eigenvalue weighted by Crippen LogP contribution is -2.46. The summed E-state index contributed by atoms with van der Waals surface area (Å²) in [5, 5.41) is 0. The molecule has 0 radical (unpaired) electrons. The van der Waals surface area contributed by atoms with E-state index in [0.29, 0.717) is 37.9 Å². The molecule has 0 unspecified atom stereocenters. The Bertz CT molecular complexity index is 413. The van der Waals surface area contributed by atoms with E-state index in [0.717, 1.165) is 0 Å². The molecule has 0 aliphatic carbocycles. The van der Waals surface area contributed by atoms with E-state index in [9.17, 15) is 0 Å². The lowest BCUT2D eigenvalue weighted by atomic mass is 10.3. The minimum atomic E-state index is -2.66. The number of hydrogen-bond donors (Lipinski definition) is 0. The molecule has 1 rings (SSSR count). The maximum Gasteiger partial charge on any atom is 0.562 e. The summed E-state index contributed by atoms with van der Waals surface area (Å²) in [6.07, 6.45) is 0. The molecule has 0 aliphatic rings. The average Bonchev–Trinajstić information content (AvgIpc) is 2.50. The normalized spacial score (nSPS) is 12.2. The Balaban J connectivity index is 2.77. The highest BCUT2D eigenvalue weighted by Gasteiger charge is 2.38. The fourth-order valence-corrected chi connectivity index (χ4v) is 5.88. The van der Waals surface area contributed by atoms with Crippen molar-refractivity contribution in [3.05, 3.63) is 24.3 Å². The SMILES string of the molecule is CCO[Si](C)(OCC)Oc1ccc(O[Si](C)(OCC)OCC)cc1. The molecule has 0 spiro atoms. The molecule has 1 aromatic carbocycles. The smallest absolute Gasteiger partial charge is 0.501 e. The number of benzene rings is 1. The zero-order valence-corrected chi connectivity index (χ0v) is 17.6. The Morgan fingerprint density at radius 3 is 1.04 bits per heavy atom. The molecule has 0 fully saturated rings. The maximum absolute atomic E-state index is 5.95. The molecule has 0 atom stereocenters. The van der Waals surface area contributed by atoms with Crippen molar-refractivity contribution in [2.24, 2.45) is 0 Å². The summed E-state index contributed by atoms with van der Waals surface area (Å²) < 4.78 is 34.6. The molecule has 24 heavy (non-hydrogen) atoms. The standard InChI is InChI=1S/C16H30O6Si2/c1-7-17-23(5,18-8-2)21-15-11-13-16(14-12-15)22-24(6,19-9-3)20-10-4/h11-14H,7-10H2,1-6H3. The number of rotatable bonds is 12. The van der Waals surface area contributed by atoms with Gasteiger partial charge in [-0.1, -0.05) is 0 Å². The fourth-order valence-electron chi connectivity index (χ4n) is 2.25. The first-order valence-electron chi connectivity index (χ1n) is 8.44. The van der Waals surface area contributed by atoms with E-state index in [-0.39, 0.29) is 0 Å². The molecular weight excluding hydrogens is 344 g/mol. The molecule has 0 bridgehead atoms. The van der Waals surface area contributed by atoms with E-state index in [1.165, 1.54) is 0 Å². The van der Waals surface area contributed by atoms with Crippen LogP contribution >= 0.6 is 0 Å². The van der Waals surface area contributed by atoms with Crippen LogP contribution in [-0.4, -0.2) is 44.0 Å². The van der Waals surface area contributed by atoms with Crippen LogP contribution in [0.2, 0.25) is 13.1 Å². The molecule has 8 heteroatoms. The predicted molar refractivity (Wildman–Crippen MR) is 97.4 cm³/mol. The van der Waals surface area contributed by atoms with Gasteiger partial charge in [-0.05, 0) is 52.0 Å². The fraction of sp³-hybridized carbons (Fsp3) is 0.625. The van der Waals surface area contributed by atoms with Crippen molar-refractivity contribution in [2.45, 2.75) is 40.8 Å². The van der Waals surface area contributed by atoms with Crippen molar-refractivity contribution in [3.63, 3.8) is 0 Å². The lowest BCUT2D eigenvalue weighted by molar-refractivity contribution is 0.121. The minimum Gasteiger partial charge on any atom is -0.501 e. The Labute approximate surface area is 147 Å². The third-order valence-electron chi connectivity index (χ3n) is 3.06. The second-order valence-electron chi connectivity index (χ2n) is 5.13. The quantitative estimate of drug-likeness (QED) is 0.520. The van der Waals surface area contributed by atoms with Crippen molar-refractivity contribution in [1.29, 1.82) is 0 Å². The monoisotopic (exact) mass is 374 g/mol. The topological polar surface area (TPSA) is 55.4 Å². The van der Waals surface area contributed by atoms with Gasteiger partial charge in [0.15, 0.2) is 0 Å². The van der Waals surface area contributed by atoms with Gasteiger partial charge >= 0.3 is 17.6 Å². The Morgan fingerprint density at radius 1 is 0.583 bits per heavy atom. The predicted octanol–water partition coefficient (Wildman–Crippen LogP) is 3.73. The highest BCUT2D eigenvalue weighted by atomic mass is 28.4. The second-order valence-corrected chi connectivity index (χ2v) is 10.1. The van der Waals surface area contributed by atoms with Gasteiger partial charge in [-0.15, -0.1) is 0 Å². The van der Waals surface area contributed by atoms with E-state index in [1.54, 1.807) is 0 Å². The van der Waals surface area contributed by atoms with Crippen molar-refractivity contribution in [1.82, 2.24) is 0 Å². The molecule has 0 heterocycles. The zero-order valence-electron chi connectivity index (χ0n) is 15.6. The van der Waals surface area contributed by atoms with Crippen molar-refractivity contribution in [2.75, 3.05) is 26.4 Å². The summed E-state index contributed by atoms with van der Waals surface area (Å²) in [5.74, 6) is 1.38. The van der Waals surface area contributed by atoms with Crippen LogP contribution in [0.4, 0.5) is 0 Å². The molecule has 0 N–H and O–H groups in total. The first-order valence-corrected chi connectivity index (χ1v) is 12.9. The van der Waals surface area contributed by atoms with Gasteiger partial charge in [0.2, 0.25) is 0 Å². The second kappa shape index (κ2) is 10.2. The minimum absolute atomic E-state index is 0.552. The first kappa shape index (κ1) is 21.1. The molecule has 138 valence electrons. The zero-order chi connectivity index (χ0) is 18.1. The Kier molecular flexibility index (Phi) is 8.95. The first-order chi connectivity index (χ1) is 11.4. The van der Waals surface area contributed by atoms with Crippen molar-refractivity contribution in [3.8, 4) is 11.5 Å². The summed E-state index contributed by atoms with van der Waals surface area (Å²) in [4.78, 5) is 0. The average molecular weight is 375 g/mol. The summed E-state index contributed by atoms with van der Waals surface area (Å²) in [6, 6.07) is 7.35. The Morgan fingerprint density at radius 2 is 0.833 bits per heavy atom. The van der Waals surface area contributed by atoms with Crippen LogP contribution in [-0.2, 0) is 17.7 Å². The summed E-state index contributed by atoms with van der Waals surface area (Å²) in [6.45, 7) is 13.7. The molecule has 0 aromatic heterocycles. The van der Waals surface area contributed by atoms with Gasteiger partial charge in [-0.3, -0.25) is 0 Å². The van der Waals surface area contributed by atoms with Crippen molar-refractivity contribution < 1.29 is 26.6 Å². The van der Waals surface area contributed by atoms with Gasteiger partial charge in [0.05, 0.1) is 0 Å². The van der Waals surface area contributed by atoms with Crippen LogP contribution in [0.25, 0.3) is 0 Å². The van der Waals surface area contributed by atoms with Gasteiger partial charge in [0.1, 0.15) is 11.5 Å². The molecule has 6 nitrogen and oxygen atoms in total. The van der Waals surface area contributed by atoms with E-state index < -0.39 is 17.6 Å². The van der Waals surface area contributed by atoms with Crippen LogP contribution in [0, 0.1) is 0 Å². The molecule has 0 amide bonds. The van der Waals surface area contributed by atoms with Crippen LogP contribution in [0.15, 0.2) is 24.3 Å². The van der Waals surface area contributed by atoms with E-state index in [1.807, 2.05) is 65.1 Å². The molecule has 0 aliphatic heterocycles. The van der Waals surface area contributed by atoms with Crippen LogP contribution < -0.4 is 8.85 Å².